The third-order valence-electron chi connectivity index (χ3n) is 13.3. The van der Waals surface area contributed by atoms with Crippen molar-refractivity contribution >= 4 is 11.9 Å². The zero-order valence-corrected chi connectivity index (χ0v) is 44.9. The predicted octanol–water partition coefficient (Wildman–Crippen LogP) is 9.22. The van der Waals surface area contributed by atoms with Gasteiger partial charge in [-0.05, 0) is 57.8 Å². The quantitative estimate of drug-likeness (QED) is 0.0171. The molecule has 422 valence electrons. The maximum atomic E-state index is 13.0. The molecule has 2 aliphatic rings. The average molecular weight is 1040 g/mol. The number of carbonyl (C=O) groups is 2. The number of carbonyl (C=O) groups excluding carboxylic acids is 2. The lowest BCUT2D eigenvalue weighted by Crippen LogP contribution is -2.61. The molecule has 2 rings (SSSR count). The summed E-state index contributed by atoms with van der Waals surface area (Å²) < 4.78 is 33.6. The molecule has 2 aliphatic heterocycles. The molecule has 11 atom stereocenters. The van der Waals surface area contributed by atoms with Crippen LogP contribution in [-0.2, 0) is 38.0 Å². The van der Waals surface area contributed by atoms with Gasteiger partial charge in [0, 0.05) is 12.8 Å². The van der Waals surface area contributed by atoms with Crippen LogP contribution in [0.2, 0.25) is 0 Å². The second kappa shape index (κ2) is 44.3. The summed E-state index contributed by atoms with van der Waals surface area (Å²) in [5.74, 6) is -0.958. The van der Waals surface area contributed by atoms with Crippen LogP contribution in [0.3, 0.4) is 0 Å². The van der Waals surface area contributed by atoms with Gasteiger partial charge < -0.3 is 64.2 Å². The van der Waals surface area contributed by atoms with Gasteiger partial charge in [0.05, 0.1) is 19.8 Å². The van der Waals surface area contributed by atoms with Gasteiger partial charge in [-0.3, -0.25) is 9.59 Å². The van der Waals surface area contributed by atoms with Crippen LogP contribution >= 0.6 is 0 Å². The summed E-state index contributed by atoms with van der Waals surface area (Å²) in [6.45, 7) is 2.46. The summed E-state index contributed by atoms with van der Waals surface area (Å²) in [5, 5.41) is 72.2. The van der Waals surface area contributed by atoms with Crippen LogP contribution in [0.25, 0.3) is 0 Å². The lowest BCUT2D eigenvalue weighted by molar-refractivity contribution is -0.332. The SMILES string of the molecule is CC/C=C\C/C=C\C/C=C\C/C=C\C/C=C\CCCCCC(=O)OC(COC(=O)CCCCCCCCCCCCCCCCCCCC)COC1OC(COC2OC(CO)C(O)C(O)C2O)C(O)C(O)C1O. The van der Waals surface area contributed by atoms with E-state index in [1.807, 2.05) is 0 Å². The van der Waals surface area contributed by atoms with E-state index >= 15 is 0 Å². The lowest BCUT2D eigenvalue weighted by atomic mass is 9.98. The topological polar surface area (TPSA) is 231 Å². The van der Waals surface area contributed by atoms with Gasteiger partial charge >= 0.3 is 11.9 Å². The molecule has 7 N–H and O–H groups in total. The summed E-state index contributed by atoms with van der Waals surface area (Å²) in [7, 11) is 0. The number of aliphatic hydroxyl groups excluding tert-OH is 7. The van der Waals surface area contributed by atoms with Crippen LogP contribution in [0.15, 0.2) is 60.8 Å². The van der Waals surface area contributed by atoms with E-state index in [9.17, 15) is 45.3 Å². The molecule has 0 radical (unpaired) electrons. The van der Waals surface area contributed by atoms with E-state index in [1.165, 1.54) is 89.9 Å². The number of unbranched alkanes of at least 4 members (excludes halogenated alkanes) is 20. The van der Waals surface area contributed by atoms with E-state index in [0.717, 1.165) is 70.6 Å². The van der Waals surface area contributed by atoms with Crippen LogP contribution in [0.5, 0.6) is 0 Å². The van der Waals surface area contributed by atoms with Crippen molar-refractivity contribution in [1.82, 2.24) is 0 Å². The Morgan fingerprint density at radius 1 is 0.452 bits per heavy atom. The molecule has 15 nitrogen and oxygen atoms in total. The van der Waals surface area contributed by atoms with Gasteiger partial charge in [-0.15, -0.1) is 0 Å². The average Bonchev–Trinajstić information content (AvgIpc) is 3.38. The van der Waals surface area contributed by atoms with E-state index in [1.54, 1.807) is 0 Å². The molecular formula is C58H100O15. The summed E-state index contributed by atoms with van der Waals surface area (Å²) in [6.07, 6.45) is 35.3. The van der Waals surface area contributed by atoms with E-state index in [-0.39, 0.29) is 19.4 Å². The molecule has 0 amide bonds. The Kier molecular flexibility index (Phi) is 40.3. The number of esters is 2. The second-order valence-electron chi connectivity index (χ2n) is 19.7. The number of aliphatic hydroxyl groups is 7. The van der Waals surface area contributed by atoms with Crippen LogP contribution in [0.4, 0.5) is 0 Å². The molecule has 0 aliphatic carbocycles. The van der Waals surface area contributed by atoms with Crippen LogP contribution in [-0.4, -0.2) is 142 Å². The monoisotopic (exact) mass is 1040 g/mol. The standard InChI is InChI=1S/C58H100O15/c1-3-5-7-9-11-13-15-17-19-21-23-25-27-29-31-33-35-37-39-41-50(61)71-46(43-68-49(60)40-38-36-34-32-30-28-26-24-22-20-18-16-14-12-10-8-6-4-2)44-69-57-56(67)54(65)52(63)48(73-57)45-70-58-55(66)53(64)51(62)47(42-59)72-58/h5,7,11,13,17,19,23,25,29,31,46-48,51-59,62-67H,3-4,6,8-10,12,14-16,18,20-22,24,26-28,30,32-45H2,1-2H3/b7-5-,13-11-,19-17-,25-23-,31-29-. The summed E-state index contributed by atoms with van der Waals surface area (Å²) in [5.41, 5.74) is 0. The Hall–Kier alpha value is -2.80. The highest BCUT2D eigenvalue weighted by molar-refractivity contribution is 5.70. The van der Waals surface area contributed by atoms with Crippen molar-refractivity contribution in [3.63, 3.8) is 0 Å². The van der Waals surface area contributed by atoms with Crippen molar-refractivity contribution in [2.45, 2.75) is 268 Å². The van der Waals surface area contributed by atoms with Crippen molar-refractivity contribution in [2.75, 3.05) is 26.4 Å². The minimum absolute atomic E-state index is 0.125. The molecule has 0 aromatic rings. The molecule has 0 aromatic carbocycles. The minimum Gasteiger partial charge on any atom is -0.462 e. The van der Waals surface area contributed by atoms with Gasteiger partial charge in [-0.25, -0.2) is 0 Å². The number of ether oxygens (including phenoxy) is 6. The number of rotatable bonds is 44. The highest BCUT2D eigenvalue weighted by atomic mass is 16.7. The van der Waals surface area contributed by atoms with E-state index < -0.39 is 99.3 Å². The predicted molar refractivity (Wildman–Crippen MR) is 284 cm³/mol. The molecule has 0 saturated carbocycles. The minimum atomic E-state index is -1.77. The summed E-state index contributed by atoms with van der Waals surface area (Å²) in [4.78, 5) is 25.9. The fourth-order valence-corrected chi connectivity index (χ4v) is 8.66. The first kappa shape index (κ1) is 66.3. The van der Waals surface area contributed by atoms with Crippen molar-refractivity contribution < 1.29 is 73.8 Å². The molecule has 2 saturated heterocycles. The Balaban J connectivity index is 1.78. The molecule has 0 aromatic heterocycles. The van der Waals surface area contributed by atoms with Gasteiger partial charge in [0.2, 0.25) is 0 Å². The van der Waals surface area contributed by atoms with E-state index in [0.29, 0.717) is 12.8 Å². The molecule has 2 heterocycles. The summed E-state index contributed by atoms with van der Waals surface area (Å²) in [6, 6.07) is 0. The Morgan fingerprint density at radius 3 is 1.36 bits per heavy atom. The fraction of sp³-hybridized carbons (Fsp3) is 0.793. The Morgan fingerprint density at radius 2 is 0.863 bits per heavy atom. The zero-order valence-electron chi connectivity index (χ0n) is 44.9. The first-order valence-corrected chi connectivity index (χ1v) is 28.4. The first-order valence-electron chi connectivity index (χ1n) is 28.4. The molecular weight excluding hydrogens is 937 g/mol. The third-order valence-corrected chi connectivity index (χ3v) is 13.3. The maximum absolute atomic E-state index is 13.0. The van der Waals surface area contributed by atoms with Crippen LogP contribution in [0.1, 0.15) is 200 Å². The van der Waals surface area contributed by atoms with Gasteiger partial charge in [0.25, 0.3) is 0 Å². The lowest BCUT2D eigenvalue weighted by Gasteiger charge is -2.42. The molecule has 73 heavy (non-hydrogen) atoms. The van der Waals surface area contributed by atoms with Crippen molar-refractivity contribution in [3.05, 3.63) is 60.8 Å². The van der Waals surface area contributed by atoms with E-state index in [4.69, 9.17) is 28.4 Å². The van der Waals surface area contributed by atoms with Gasteiger partial charge in [-0.1, -0.05) is 190 Å². The summed E-state index contributed by atoms with van der Waals surface area (Å²) >= 11 is 0. The number of hydrogen-bond acceptors (Lipinski definition) is 15. The van der Waals surface area contributed by atoms with Crippen LogP contribution < -0.4 is 0 Å². The van der Waals surface area contributed by atoms with E-state index in [2.05, 4.69) is 74.6 Å². The normalized spacial score (nSPS) is 25.3. The first-order chi connectivity index (χ1) is 35.5. The maximum Gasteiger partial charge on any atom is 0.306 e. The Bertz CT molecular complexity index is 1500. The van der Waals surface area contributed by atoms with Crippen molar-refractivity contribution in [2.24, 2.45) is 0 Å². The molecule has 11 unspecified atom stereocenters. The fourth-order valence-electron chi connectivity index (χ4n) is 8.66. The number of allylic oxidation sites excluding steroid dienone is 10. The highest BCUT2D eigenvalue weighted by Crippen LogP contribution is 2.27. The molecule has 0 spiro atoms. The second-order valence-corrected chi connectivity index (χ2v) is 19.7. The third kappa shape index (κ3) is 31.8. The Labute approximate surface area is 439 Å². The number of hydrogen-bond donors (Lipinski definition) is 7. The van der Waals surface area contributed by atoms with Gasteiger partial charge in [-0.2, -0.15) is 0 Å². The molecule has 15 heteroatoms. The van der Waals surface area contributed by atoms with Gasteiger partial charge in [0.1, 0.15) is 55.4 Å². The smallest absolute Gasteiger partial charge is 0.306 e. The van der Waals surface area contributed by atoms with Crippen molar-refractivity contribution in [3.8, 4) is 0 Å². The van der Waals surface area contributed by atoms with Crippen LogP contribution in [0, 0.1) is 0 Å². The molecule has 2 fully saturated rings. The molecule has 0 bridgehead atoms. The zero-order chi connectivity index (χ0) is 53.2. The largest absolute Gasteiger partial charge is 0.462 e. The van der Waals surface area contributed by atoms with Crippen molar-refractivity contribution in [1.29, 1.82) is 0 Å². The van der Waals surface area contributed by atoms with Gasteiger partial charge in [0.15, 0.2) is 18.7 Å². The highest BCUT2D eigenvalue weighted by Gasteiger charge is 2.47.